The van der Waals surface area contributed by atoms with Crippen molar-refractivity contribution >= 4 is 27.2 Å². The second kappa shape index (κ2) is 7.02. The number of rotatable bonds is 6. The van der Waals surface area contributed by atoms with Crippen LogP contribution in [-0.2, 0) is 13.0 Å². The van der Waals surface area contributed by atoms with Crippen molar-refractivity contribution < 1.29 is 0 Å². The lowest BCUT2D eigenvalue weighted by molar-refractivity contribution is 0.650. The van der Waals surface area contributed by atoms with E-state index in [1.807, 2.05) is 12.1 Å². The van der Waals surface area contributed by atoms with E-state index in [1.54, 1.807) is 29.9 Å². The molecular formula is C17H21N5S. The lowest BCUT2D eigenvalue weighted by Crippen LogP contribution is -2.21. The summed E-state index contributed by atoms with van der Waals surface area (Å²) >= 11 is 1.77. The molecule has 3 N–H and O–H groups in total. The quantitative estimate of drug-likeness (QED) is 0.726. The van der Waals surface area contributed by atoms with Gasteiger partial charge in [-0.3, -0.25) is 4.98 Å². The van der Waals surface area contributed by atoms with Crippen molar-refractivity contribution in [1.29, 1.82) is 0 Å². The number of thiophene rings is 1. The van der Waals surface area contributed by atoms with Gasteiger partial charge in [-0.1, -0.05) is 6.92 Å². The van der Waals surface area contributed by atoms with Crippen molar-refractivity contribution in [3.8, 4) is 0 Å². The highest BCUT2D eigenvalue weighted by molar-refractivity contribution is 7.19. The number of anilines is 1. The molecule has 0 radical (unpaired) electrons. The van der Waals surface area contributed by atoms with E-state index in [0.717, 1.165) is 35.3 Å². The summed E-state index contributed by atoms with van der Waals surface area (Å²) in [5.74, 6) is 0. The Labute approximate surface area is 140 Å². The largest absolute Gasteiger partial charge is 0.378 e. The second-order valence-corrected chi connectivity index (χ2v) is 6.77. The van der Waals surface area contributed by atoms with Gasteiger partial charge in [-0.15, -0.1) is 16.4 Å². The Bertz CT molecular complexity index is 784. The molecule has 1 atom stereocenters. The number of hydrogen-bond acceptors (Lipinski definition) is 6. The highest BCUT2D eigenvalue weighted by Crippen LogP contribution is 2.34. The lowest BCUT2D eigenvalue weighted by Gasteiger charge is -2.06. The van der Waals surface area contributed by atoms with Gasteiger partial charge in [0.25, 0.3) is 0 Å². The fourth-order valence-corrected chi connectivity index (χ4v) is 3.78. The highest BCUT2D eigenvalue weighted by Gasteiger charge is 2.15. The molecule has 0 saturated heterocycles. The highest BCUT2D eigenvalue weighted by atomic mass is 32.1. The third kappa shape index (κ3) is 3.48. The monoisotopic (exact) mass is 327 g/mol. The van der Waals surface area contributed by atoms with E-state index in [9.17, 15) is 0 Å². The number of aromatic nitrogens is 3. The summed E-state index contributed by atoms with van der Waals surface area (Å²) in [4.78, 5) is 5.35. The van der Waals surface area contributed by atoms with E-state index in [1.165, 1.54) is 16.0 Å². The van der Waals surface area contributed by atoms with Gasteiger partial charge in [0.2, 0.25) is 0 Å². The van der Waals surface area contributed by atoms with Crippen LogP contribution in [0.2, 0.25) is 0 Å². The third-order valence-corrected chi connectivity index (χ3v) is 5.34. The van der Waals surface area contributed by atoms with Gasteiger partial charge >= 0.3 is 0 Å². The van der Waals surface area contributed by atoms with Crippen molar-refractivity contribution in [2.24, 2.45) is 5.73 Å². The Balaban J connectivity index is 1.87. The molecule has 3 rings (SSSR count). The minimum Gasteiger partial charge on any atom is -0.378 e. The van der Waals surface area contributed by atoms with E-state index < -0.39 is 0 Å². The summed E-state index contributed by atoms with van der Waals surface area (Å²) in [5, 5.41) is 11.9. The van der Waals surface area contributed by atoms with E-state index >= 15 is 0 Å². The number of nitrogens with one attached hydrogen (secondary N) is 1. The fraction of sp³-hybridized carbons (Fsp3) is 0.353. The molecule has 6 heteroatoms. The van der Waals surface area contributed by atoms with E-state index in [4.69, 9.17) is 5.73 Å². The number of aryl methyl sites for hydroxylation is 1. The first-order chi connectivity index (χ1) is 11.2. The van der Waals surface area contributed by atoms with Gasteiger partial charge in [0.1, 0.15) is 5.52 Å². The summed E-state index contributed by atoms with van der Waals surface area (Å²) in [5.41, 5.74) is 10.5. The molecule has 0 aliphatic heterocycles. The molecule has 0 aliphatic carbocycles. The summed E-state index contributed by atoms with van der Waals surface area (Å²) in [6.45, 7) is 4.97. The Morgan fingerprint density at radius 1 is 1.30 bits per heavy atom. The van der Waals surface area contributed by atoms with Gasteiger partial charge in [0.05, 0.1) is 16.6 Å². The summed E-state index contributed by atoms with van der Waals surface area (Å²) in [6, 6.07) is 4.21. The van der Waals surface area contributed by atoms with Crippen LogP contribution >= 0.6 is 11.3 Å². The molecule has 0 amide bonds. The second-order valence-electron chi connectivity index (χ2n) is 5.67. The van der Waals surface area contributed by atoms with E-state index in [2.05, 4.69) is 34.3 Å². The SMILES string of the molecule is CC[C@H](N)Cc1sc2c(NCc3ccncc3)cnnc2c1C. The third-order valence-electron chi connectivity index (χ3n) is 4.01. The first kappa shape index (κ1) is 15.8. The summed E-state index contributed by atoms with van der Waals surface area (Å²) in [6.07, 6.45) is 7.27. The zero-order chi connectivity index (χ0) is 16.2. The van der Waals surface area contributed by atoms with Gasteiger partial charge in [-0.2, -0.15) is 5.10 Å². The Morgan fingerprint density at radius 2 is 2.09 bits per heavy atom. The standard InChI is InChI=1S/C17H21N5S/c1-3-13(18)8-15-11(2)16-17(23-15)14(10-21-22-16)20-9-12-4-6-19-7-5-12/h4-7,10,13H,3,8-9,18H2,1-2H3,(H,20,22)/t13-/m0/s1. The molecule has 0 saturated carbocycles. The summed E-state index contributed by atoms with van der Waals surface area (Å²) in [7, 11) is 0. The lowest BCUT2D eigenvalue weighted by atomic mass is 10.1. The molecule has 0 bridgehead atoms. The number of nitrogens with zero attached hydrogens (tertiary/aromatic N) is 3. The molecule has 3 aromatic heterocycles. The molecule has 0 aliphatic rings. The molecule has 0 unspecified atom stereocenters. The van der Waals surface area contributed by atoms with Crippen molar-refractivity contribution in [3.05, 3.63) is 46.7 Å². The van der Waals surface area contributed by atoms with Crippen LogP contribution in [0.5, 0.6) is 0 Å². The number of fused-ring (bicyclic) bond motifs is 1. The van der Waals surface area contributed by atoms with Crippen LogP contribution in [0.15, 0.2) is 30.7 Å². The Kier molecular flexibility index (Phi) is 4.83. The average molecular weight is 327 g/mol. The van der Waals surface area contributed by atoms with Gasteiger partial charge < -0.3 is 11.1 Å². The van der Waals surface area contributed by atoms with Crippen LogP contribution in [0, 0.1) is 6.92 Å². The maximum absolute atomic E-state index is 6.12. The molecule has 3 heterocycles. The zero-order valence-electron chi connectivity index (χ0n) is 13.4. The molecule has 120 valence electrons. The Hall–Kier alpha value is -2.05. The normalized spacial score (nSPS) is 12.5. The molecule has 3 aromatic rings. The van der Waals surface area contributed by atoms with Crippen LogP contribution in [0.25, 0.3) is 10.2 Å². The van der Waals surface area contributed by atoms with Crippen molar-refractivity contribution in [3.63, 3.8) is 0 Å². The predicted octanol–water partition coefficient (Wildman–Crippen LogP) is 3.29. The molecule has 0 spiro atoms. The number of pyridine rings is 1. The molecular weight excluding hydrogens is 306 g/mol. The van der Waals surface area contributed by atoms with Crippen molar-refractivity contribution in [2.75, 3.05) is 5.32 Å². The number of hydrogen-bond donors (Lipinski definition) is 2. The average Bonchev–Trinajstić information content (AvgIpc) is 2.90. The maximum Gasteiger partial charge on any atom is 0.109 e. The van der Waals surface area contributed by atoms with Crippen LogP contribution < -0.4 is 11.1 Å². The molecule has 5 nitrogen and oxygen atoms in total. The Morgan fingerprint density at radius 3 is 2.83 bits per heavy atom. The van der Waals surface area contributed by atoms with Crippen LogP contribution in [0.1, 0.15) is 29.3 Å². The predicted molar refractivity (Wildman–Crippen MR) is 95.7 cm³/mol. The van der Waals surface area contributed by atoms with Gasteiger partial charge in [0, 0.05) is 29.9 Å². The van der Waals surface area contributed by atoms with Gasteiger partial charge in [0.15, 0.2) is 0 Å². The van der Waals surface area contributed by atoms with Gasteiger partial charge in [-0.25, -0.2) is 0 Å². The van der Waals surface area contributed by atoms with E-state index in [-0.39, 0.29) is 6.04 Å². The van der Waals surface area contributed by atoms with Crippen molar-refractivity contribution in [1.82, 2.24) is 15.2 Å². The van der Waals surface area contributed by atoms with Crippen LogP contribution in [0.3, 0.4) is 0 Å². The maximum atomic E-state index is 6.12. The first-order valence-corrected chi connectivity index (χ1v) is 8.62. The van der Waals surface area contributed by atoms with Gasteiger partial charge in [-0.05, 0) is 43.0 Å². The molecule has 0 aromatic carbocycles. The number of nitrogens with two attached hydrogens (primary N) is 1. The first-order valence-electron chi connectivity index (χ1n) is 7.81. The topological polar surface area (TPSA) is 76.7 Å². The van der Waals surface area contributed by atoms with Crippen LogP contribution in [0.4, 0.5) is 5.69 Å². The zero-order valence-corrected chi connectivity index (χ0v) is 14.2. The smallest absolute Gasteiger partial charge is 0.109 e. The molecule has 0 fully saturated rings. The minimum absolute atomic E-state index is 0.197. The molecule has 23 heavy (non-hydrogen) atoms. The van der Waals surface area contributed by atoms with E-state index in [0.29, 0.717) is 0 Å². The fourth-order valence-electron chi connectivity index (χ4n) is 2.46. The van der Waals surface area contributed by atoms with Crippen molar-refractivity contribution in [2.45, 2.75) is 39.3 Å². The summed E-state index contributed by atoms with van der Waals surface area (Å²) < 4.78 is 1.16. The minimum atomic E-state index is 0.197. The van der Waals surface area contributed by atoms with Crippen LogP contribution in [-0.4, -0.2) is 21.2 Å².